The molecule has 166 valence electrons. The lowest BCUT2D eigenvalue weighted by Crippen LogP contribution is -2.41. The predicted molar refractivity (Wildman–Crippen MR) is 128 cm³/mol. The number of hydrogen-bond donors (Lipinski definition) is 2. The van der Waals surface area contributed by atoms with Crippen molar-refractivity contribution < 1.29 is 4.68 Å². The van der Waals surface area contributed by atoms with Gasteiger partial charge in [0.05, 0.1) is 23.0 Å². The van der Waals surface area contributed by atoms with Crippen LogP contribution >= 0.6 is 0 Å². The summed E-state index contributed by atoms with van der Waals surface area (Å²) in [6, 6.07) is 9.35. The van der Waals surface area contributed by atoms with Gasteiger partial charge in [-0.05, 0) is 52.5 Å². The quantitative estimate of drug-likeness (QED) is 0.177. The van der Waals surface area contributed by atoms with Crippen molar-refractivity contribution in [2.24, 2.45) is 0 Å². The van der Waals surface area contributed by atoms with Crippen LogP contribution < -0.4 is 21.7 Å². The molecule has 0 atom stereocenters. The fourth-order valence-corrected chi connectivity index (χ4v) is 4.50. The number of anilines is 1. The van der Waals surface area contributed by atoms with E-state index in [1.54, 1.807) is 10.5 Å². The van der Waals surface area contributed by atoms with Crippen LogP contribution in [0, 0.1) is 0 Å². The van der Waals surface area contributed by atoms with Crippen LogP contribution in [0.3, 0.4) is 0 Å². The maximum Gasteiger partial charge on any atom is 0.336 e. The van der Waals surface area contributed by atoms with Gasteiger partial charge in [-0.25, -0.2) is 4.79 Å². The third-order valence-electron chi connectivity index (χ3n) is 6.14. The van der Waals surface area contributed by atoms with E-state index in [1.807, 2.05) is 57.4 Å². The summed E-state index contributed by atoms with van der Waals surface area (Å²) in [6.07, 6.45) is 0. The summed E-state index contributed by atoms with van der Waals surface area (Å²) in [5, 5.41) is 5.79. The number of hydrogen-bond acceptors (Lipinski definition) is 5. The molecule has 0 saturated carbocycles. The van der Waals surface area contributed by atoms with E-state index >= 15 is 0 Å². The summed E-state index contributed by atoms with van der Waals surface area (Å²) in [7, 11) is 7.91. The van der Waals surface area contributed by atoms with E-state index in [-0.39, 0.29) is 11.2 Å². The van der Waals surface area contributed by atoms with Gasteiger partial charge in [-0.3, -0.25) is 13.8 Å². The number of likely N-dealkylation sites (N-methyl/N-ethyl adjacent to an activating group) is 2. The molecule has 0 unspecified atom stereocenters. The number of nitrogens with one attached hydrogen (secondary N) is 1. The van der Waals surface area contributed by atoms with Crippen LogP contribution in [0.2, 0.25) is 0 Å². The molecule has 0 aliphatic carbocycles. The van der Waals surface area contributed by atoms with E-state index in [1.165, 1.54) is 4.57 Å². The number of aromatic amines is 1. The molecule has 9 heteroatoms. The molecule has 32 heavy (non-hydrogen) atoms. The molecule has 0 radical (unpaired) electrons. The van der Waals surface area contributed by atoms with Crippen LogP contribution in [0.25, 0.3) is 38.2 Å². The molecule has 5 aromatic rings. The van der Waals surface area contributed by atoms with Crippen molar-refractivity contribution in [1.29, 1.82) is 0 Å². The maximum absolute atomic E-state index is 13.6. The van der Waals surface area contributed by atoms with E-state index in [0.29, 0.717) is 29.7 Å². The summed E-state index contributed by atoms with van der Waals surface area (Å²) in [4.78, 5) is 31.1. The van der Waals surface area contributed by atoms with E-state index in [0.717, 1.165) is 40.4 Å². The molecule has 5 rings (SSSR count). The largest absolute Gasteiger partial charge is 0.399 e. The first kappa shape index (κ1) is 20.5. The second-order valence-corrected chi connectivity index (χ2v) is 8.95. The number of H-pyrrole nitrogens is 1. The normalized spacial score (nSPS) is 12.6. The van der Waals surface area contributed by atoms with Gasteiger partial charge in [-0.1, -0.05) is 0 Å². The van der Waals surface area contributed by atoms with Crippen LogP contribution in [0.15, 0.2) is 39.9 Å². The monoisotopic (exact) mass is 434 g/mol. The molecule has 0 saturated heterocycles. The highest BCUT2D eigenvalue weighted by atomic mass is 16.2. The number of nitrogen functional groups attached to an aromatic ring is 1. The Kier molecular flexibility index (Phi) is 4.68. The highest BCUT2D eigenvalue weighted by Gasteiger charge is 2.26. The Hall–Kier alpha value is -3.43. The van der Waals surface area contributed by atoms with Gasteiger partial charge in [0.25, 0.3) is 5.56 Å². The minimum absolute atomic E-state index is 0.254. The molecule has 0 amide bonds. The van der Waals surface area contributed by atoms with Gasteiger partial charge < -0.3 is 15.5 Å². The molecule has 0 fully saturated rings. The topological polar surface area (TPSA) is 95.7 Å². The van der Waals surface area contributed by atoms with Crippen molar-refractivity contribution in [3.05, 3.63) is 51.2 Å². The molecule has 0 spiro atoms. The number of pyridine rings is 1. The second-order valence-electron chi connectivity index (χ2n) is 8.95. The summed E-state index contributed by atoms with van der Waals surface area (Å²) in [5.74, 6) is 0. The highest BCUT2D eigenvalue weighted by molar-refractivity contribution is 6.20. The summed E-state index contributed by atoms with van der Waals surface area (Å²) >= 11 is 0. The van der Waals surface area contributed by atoms with E-state index in [4.69, 9.17) is 5.73 Å². The molecule has 0 bridgehead atoms. The van der Waals surface area contributed by atoms with Gasteiger partial charge in [-0.15, -0.1) is 4.68 Å². The van der Waals surface area contributed by atoms with Crippen molar-refractivity contribution in [3.8, 4) is 0 Å². The van der Waals surface area contributed by atoms with Crippen LogP contribution in [0.1, 0.15) is 0 Å². The first-order chi connectivity index (χ1) is 15.3. The zero-order chi connectivity index (χ0) is 22.7. The zero-order valence-corrected chi connectivity index (χ0v) is 18.8. The Morgan fingerprint density at radius 1 is 1.00 bits per heavy atom. The van der Waals surface area contributed by atoms with Gasteiger partial charge in [0.15, 0.2) is 6.54 Å². The fraction of sp³-hybridized carbons (Fsp3) is 0.348. The molecule has 0 aliphatic rings. The van der Waals surface area contributed by atoms with Gasteiger partial charge in [0.1, 0.15) is 10.9 Å². The third-order valence-corrected chi connectivity index (χ3v) is 6.14. The molecule has 0 aliphatic heterocycles. The minimum atomic E-state index is -0.324. The second kappa shape index (κ2) is 7.32. The van der Waals surface area contributed by atoms with Crippen molar-refractivity contribution in [2.45, 2.75) is 13.1 Å². The standard InChI is InChI=1S/C23H27N7O2/c1-26(2)9-11-28-22(31)15-6-8-18-19-20(25-29(18)12-10-27(3)4)16-13-14(24)5-7-17(16)30(21(15)19)23(28)32/h5-8,13H,9-12,24H2,1-4H3/p+1. The van der Waals surface area contributed by atoms with Crippen LogP contribution in [0.5, 0.6) is 0 Å². The van der Waals surface area contributed by atoms with Crippen molar-refractivity contribution in [3.63, 3.8) is 0 Å². The zero-order valence-electron chi connectivity index (χ0n) is 18.8. The Morgan fingerprint density at radius 2 is 1.75 bits per heavy atom. The molecule has 2 aromatic carbocycles. The van der Waals surface area contributed by atoms with Gasteiger partial charge in [0, 0.05) is 30.2 Å². The Labute approximate surface area is 184 Å². The summed E-state index contributed by atoms with van der Waals surface area (Å²) in [5.41, 5.74) is 9.41. The van der Waals surface area contributed by atoms with Crippen molar-refractivity contribution >= 4 is 43.9 Å². The van der Waals surface area contributed by atoms with E-state index < -0.39 is 0 Å². The summed E-state index contributed by atoms with van der Waals surface area (Å²) < 4.78 is 5.10. The average Bonchev–Trinajstić information content (AvgIpc) is 3.12. The van der Waals surface area contributed by atoms with Gasteiger partial charge in [0.2, 0.25) is 5.52 Å². The average molecular weight is 435 g/mol. The first-order valence-corrected chi connectivity index (χ1v) is 10.7. The number of rotatable bonds is 6. The van der Waals surface area contributed by atoms with Crippen LogP contribution in [0.4, 0.5) is 5.69 Å². The smallest absolute Gasteiger partial charge is 0.336 e. The first-order valence-electron chi connectivity index (χ1n) is 10.7. The SMILES string of the molecule is CN(C)CCn1c(=O)c2ccc3c4c([nH][n+]3CCN(C)C)c3cc(N)ccc3n(c1=O)c24. The van der Waals surface area contributed by atoms with Crippen LogP contribution in [-0.2, 0) is 13.1 Å². The highest BCUT2D eigenvalue weighted by Crippen LogP contribution is 2.33. The molecule has 3 heterocycles. The molecular weight excluding hydrogens is 406 g/mol. The van der Waals surface area contributed by atoms with Crippen molar-refractivity contribution in [2.75, 3.05) is 47.0 Å². The number of benzene rings is 2. The lowest BCUT2D eigenvalue weighted by atomic mass is 10.1. The van der Waals surface area contributed by atoms with E-state index in [2.05, 4.69) is 14.7 Å². The van der Waals surface area contributed by atoms with Crippen molar-refractivity contribution in [1.82, 2.24) is 23.9 Å². The number of aromatic nitrogens is 4. The Morgan fingerprint density at radius 3 is 2.47 bits per heavy atom. The number of nitrogens with two attached hydrogens (primary N) is 1. The van der Waals surface area contributed by atoms with Crippen LogP contribution in [-0.4, -0.2) is 65.1 Å². The summed E-state index contributed by atoms with van der Waals surface area (Å²) in [6.45, 7) is 2.51. The maximum atomic E-state index is 13.6. The predicted octanol–water partition coefficient (Wildman–Crippen LogP) is 0.680. The fourth-order valence-electron chi connectivity index (χ4n) is 4.50. The van der Waals surface area contributed by atoms with Gasteiger partial charge >= 0.3 is 5.69 Å². The third kappa shape index (κ3) is 2.96. The number of nitrogens with zero attached hydrogens (tertiary/aromatic N) is 5. The Bertz CT molecular complexity index is 1590. The molecular formula is C23H28N7O2+. The molecule has 9 nitrogen and oxygen atoms in total. The lowest BCUT2D eigenvalue weighted by Gasteiger charge is -2.15. The molecule has 3 aromatic heterocycles. The Balaban J connectivity index is 1.96. The lowest BCUT2D eigenvalue weighted by molar-refractivity contribution is -0.724. The van der Waals surface area contributed by atoms with Gasteiger partial charge in [-0.2, -0.15) is 5.10 Å². The molecule has 3 N–H and O–H groups in total. The number of fused-ring (bicyclic) bond motifs is 3. The van der Waals surface area contributed by atoms with E-state index in [9.17, 15) is 9.59 Å². The minimum Gasteiger partial charge on any atom is -0.399 e.